The van der Waals surface area contributed by atoms with Crippen LogP contribution in [0.15, 0.2) is 0 Å². The molecule has 0 unspecified atom stereocenters. The van der Waals surface area contributed by atoms with E-state index in [2.05, 4.69) is 37.3 Å². The highest BCUT2D eigenvalue weighted by Crippen LogP contribution is 2.00. The SMILES string of the molecule is C[SiH2]C.C[Si](C)(C)OO[SiH3].O. The van der Waals surface area contributed by atoms with Crippen molar-refractivity contribution in [1.82, 2.24) is 0 Å². The van der Waals surface area contributed by atoms with Crippen LogP contribution >= 0.6 is 0 Å². The van der Waals surface area contributed by atoms with Gasteiger partial charge in [0, 0.05) is 9.52 Å². The lowest BCUT2D eigenvalue weighted by Crippen LogP contribution is -2.24. The summed E-state index contributed by atoms with van der Waals surface area (Å²) in [5, 5.41) is 0. The second-order valence-corrected chi connectivity index (χ2v) is 9.21. The van der Waals surface area contributed by atoms with Gasteiger partial charge in [0.25, 0.3) is 0 Å². The van der Waals surface area contributed by atoms with Gasteiger partial charge in [-0.2, -0.15) is 0 Å². The Hall–Kier alpha value is 0.531. The zero-order valence-corrected chi connectivity index (χ0v) is 12.9. The molecule has 0 aliphatic heterocycles. The van der Waals surface area contributed by atoms with E-state index in [1.165, 1.54) is 0 Å². The standard InChI is InChI=1S/C3H12O2Si2.C2H8Si.H2O/c1-7(2,3)5-4-6;1-3-2;/h1-3,6H3;3H2,1-2H3;1H2. The average molecular weight is 214 g/mol. The number of hydrogen-bond donors (Lipinski definition) is 0. The molecule has 0 aliphatic rings. The molecular weight excluding hydrogens is 192 g/mol. The second kappa shape index (κ2) is 10.5. The van der Waals surface area contributed by atoms with Gasteiger partial charge < -0.3 is 10.1 Å². The molecule has 0 fully saturated rings. The van der Waals surface area contributed by atoms with Gasteiger partial charge >= 0.3 is 0 Å². The lowest BCUT2D eigenvalue weighted by molar-refractivity contribution is -0.105. The third-order valence-corrected chi connectivity index (χ3v) is 1.50. The third-order valence-electron chi connectivity index (χ3n) is 0.333. The molecule has 0 aromatic heterocycles. The molecule has 0 radical (unpaired) electrons. The molecule has 72 valence electrons. The molecule has 3 nitrogen and oxygen atoms in total. The Morgan fingerprint density at radius 2 is 1.45 bits per heavy atom. The molecule has 0 atom stereocenters. The molecule has 0 aromatic carbocycles. The van der Waals surface area contributed by atoms with Gasteiger partial charge in [-0.25, -0.2) is 0 Å². The van der Waals surface area contributed by atoms with Crippen molar-refractivity contribution in [3.05, 3.63) is 0 Å². The summed E-state index contributed by atoms with van der Waals surface area (Å²) in [6.07, 6.45) is 0. The van der Waals surface area contributed by atoms with Crippen molar-refractivity contribution in [2.45, 2.75) is 32.7 Å². The summed E-state index contributed by atoms with van der Waals surface area (Å²) in [5.41, 5.74) is 0. The molecule has 0 aromatic rings. The third kappa shape index (κ3) is 37.3. The lowest BCUT2D eigenvalue weighted by atomic mass is 11.8. The maximum Gasteiger partial charge on any atom is 0.228 e. The van der Waals surface area contributed by atoms with Gasteiger partial charge in [0.05, 0.1) is 0 Å². The van der Waals surface area contributed by atoms with Crippen molar-refractivity contribution in [1.29, 1.82) is 0 Å². The zero-order valence-electron chi connectivity index (χ0n) is 8.52. The first-order valence-corrected chi connectivity index (χ1v) is 10.7. The van der Waals surface area contributed by atoms with E-state index in [1.54, 1.807) is 0 Å². The van der Waals surface area contributed by atoms with Gasteiger partial charge in [0.2, 0.25) is 8.32 Å². The molecule has 6 heteroatoms. The van der Waals surface area contributed by atoms with Gasteiger partial charge in [0.15, 0.2) is 10.5 Å². The van der Waals surface area contributed by atoms with Crippen LogP contribution in [0.4, 0.5) is 0 Å². The Kier molecular flexibility index (Phi) is 16.8. The fourth-order valence-electron chi connectivity index (χ4n) is 0.250. The first-order valence-electron chi connectivity index (χ1n) is 3.69. The molecule has 11 heavy (non-hydrogen) atoms. The molecule has 0 amide bonds. The maximum absolute atomic E-state index is 4.93. The number of rotatable bonds is 2. The number of hydrogen-bond acceptors (Lipinski definition) is 2. The summed E-state index contributed by atoms with van der Waals surface area (Å²) in [5.74, 6) is 0. The maximum atomic E-state index is 4.93. The van der Waals surface area contributed by atoms with E-state index in [9.17, 15) is 0 Å². The Bertz CT molecular complexity index is 64.5. The largest absolute Gasteiger partial charge is 0.412 e. The van der Waals surface area contributed by atoms with Crippen molar-refractivity contribution < 1.29 is 14.6 Å². The minimum atomic E-state index is -1.34. The fraction of sp³-hybridized carbons (Fsp3) is 1.00. The molecule has 0 heterocycles. The zero-order chi connectivity index (χ0) is 8.62. The van der Waals surface area contributed by atoms with Crippen LogP contribution in [0.2, 0.25) is 32.7 Å². The molecule has 2 N–H and O–H groups in total. The van der Waals surface area contributed by atoms with Crippen LogP contribution in [0.1, 0.15) is 0 Å². The first kappa shape index (κ1) is 17.6. The summed E-state index contributed by atoms with van der Waals surface area (Å²) in [4.78, 5) is 0. The van der Waals surface area contributed by atoms with E-state index < -0.39 is 8.32 Å². The molecule has 0 saturated carbocycles. The van der Waals surface area contributed by atoms with Gasteiger partial charge in [0.1, 0.15) is 0 Å². The van der Waals surface area contributed by atoms with Crippen LogP contribution in [0.25, 0.3) is 0 Å². The summed E-state index contributed by atoms with van der Waals surface area (Å²) < 4.78 is 9.54. The van der Waals surface area contributed by atoms with E-state index in [1.807, 2.05) is 0 Å². The molecule has 0 rings (SSSR count). The van der Waals surface area contributed by atoms with Crippen LogP contribution in [0, 0.1) is 0 Å². The lowest BCUT2D eigenvalue weighted by Gasteiger charge is -2.12. The predicted octanol–water partition coefficient (Wildman–Crippen LogP) is -0.523. The van der Waals surface area contributed by atoms with Crippen LogP contribution < -0.4 is 0 Å². The highest BCUT2D eigenvalue weighted by molar-refractivity contribution is 6.69. The summed E-state index contributed by atoms with van der Waals surface area (Å²) in [7, 11) is -0.246. The monoisotopic (exact) mass is 214 g/mol. The van der Waals surface area contributed by atoms with Gasteiger partial charge in [-0.1, -0.05) is 13.1 Å². The van der Waals surface area contributed by atoms with E-state index in [-0.39, 0.29) is 5.48 Å². The van der Waals surface area contributed by atoms with Gasteiger partial charge in [-0.05, 0) is 19.6 Å². The Morgan fingerprint density at radius 1 is 1.18 bits per heavy atom. The summed E-state index contributed by atoms with van der Waals surface area (Å²) in [6.45, 7) is 10.8. The predicted molar refractivity (Wildman–Crippen MR) is 59.3 cm³/mol. The Morgan fingerprint density at radius 3 is 1.45 bits per heavy atom. The van der Waals surface area contributed by atoms with Crippen LogP contribution in [-0.4, -0.2) is 33.8 Å². The summed E-state index contributed by atoms with van der Waals surface area (Å²) in [6, 6.07) is 0. The molecule has 0 bridgehead atoms. The highest BCUT2D eigenvalue weighted by Gasteiger charge is 2.13. The molecule has 0 saturated heterocycles. The fourth-order valence-corrected chi connectivity index (χ4v) is 2.25. The minimum absolute atomic E-state index is 0. The van der Waals surface area contributed by atoms with Crippen LogP contribution in [0.3, 0.4) is 0 Å². The van der Waals surface area contributed by atoms with Crippen LogP contribution in [0.5, 0.6) is 0 Å². The van der Waals surface area contributed by atoms with E-state index in [0.29, 0.717) is 20.0 Å². The Balaban J connectivity index is -0.000000140. The molecule has 0 spiro atoms. The topological polar surface area (TPSA) is 50.0 Å². The molecule has 0 aliphatic carbocycles. The van der Waals surface area contributed by atoms with Gasteiger partial charge in [-0.3, -0.25) is 4.58 Å². The Labute approximate surface area is 76.2 Å². The van der Waals surface area contributed by atoms with Crippen molar-refractivity contribution >= 4 is 28.3 Å². The van der Waals surface area contributed by atoms with E-state index >= 15 is 0 Å². The minimum Gasteiger partial charge on any atom is -0.412 e. The normalized spacial score (nSPS) is 9.55. The highest BCUT2D eigenvalue weighted by atomic mass is 28.4. The van der Waals surface area contributed by atoms with Crippen molar-refractivity contribution in [2.24, 2.45) is 0 Å². The van der Waals surface area contributed by atoms with Gasteiger partial charge in [-0.15, -0.1) is 0 Å². The molecular formula is C5H22O3Si3. The van der Waals surface area contributed by atoms with E-state index in [0.717, 1.165) is 0 Å². The quantitative estimate of drug-likeness (QED) is 0.353. The summed E-state index contributed by atoms with van der Waals surface area (Å²) >= 11 is 0. The van der Waals surface area contributed by atoms with Crippen molar-refractivity contribution in [3.63, 3.8) is 0 Å². The first-order chi connectivity index (χ1) is 4.47. The van der Waals surface area contributed by atoms with Crippen LogP contribution in [-0.2, 0) is 9.15 Å². The smallest absolute Gasteiger partial charge is 0.228 e. The van der Waals surface area contributed by atoms with Crippen molar-refractivity contribution in [2.75, 3.05) is 0 Å². The van der Waals surface area contributed by atoms with Crippen molar-refractivity contribution in [3.8, 4) is 0 Å². The van der Waals surface area contributed by atoms with E-state index in [4.69, 9.17) is 4.58 Å². The second-order valence-electron chi connectivity index (χ2n) is 3.07. The average Bonchev–Trinajstić information content (AvgIpc) is 1.63.